The first-order chi connectivity index (χ1) is 12.8. The lowest BCUT2D eigenvalue weighted by atomic mass is 10.1. The Morgan fingerprint density at radius 2 is 1.70 bits per heavy atom. The maximum absolute atomic E-state index is 14.0. The predicted molar refractivity (Wildman–Crippen MR) is 86.3 cm³/mol. The molecule has 0 aliphatic carbocycles. The molecule has 1 N–H and O–H groups in total. The Morgan fingerprint density at radius 3 is 2.30 bits per heavy atom. The molecule has 0 bridgehead atoms. The summed E-state index contributed by atoms with van der Waals surface area (Å²) in [5.41, 5.74) is -1.23. The first-order valence-electron chi connectivity index (χ1n) is 7.52. The van der Waals surface area contributed by atoms with Crippen molar-refractivity contribution >= 4 is 16.7 Å². The van der Waals surface area contributed by atoms with Crippen molar-refractivity contribution in [2.24, 2.45) is 0 Å². The molecule has 0 fully saturated rings. The average molecular weight is 381 g/mol. The molecule has 9 heteroatoms. The molecule has 0 amide bonds. The molecule has 140 valence electrons. The number of rotatable bonds is 5. The number of benzene rings is 2. The van der Waals surface area contributed by atoms with Crippen LogP contribution >= 0.6 is 0 Å². The van der Waals surface area contributed by atoms with Crippen molar-refractivity contribution in [3.05, 3.63) is 60.0 Å². The van der Waals surface area contributed by atoms with Gasteiger partial charge in [-0.25, -0.2) is 14.2 Å². The van der Waals surface area contributed by atoms with Gasteiger partial charge in [-0.05, 0) is 18.2 Å². The summed E-state index contributed by atoms with van der Waals surface area (Å²) < 4.78 is 62.3. The summed E-state index contributed by atoms with van der Waals surface area (Å²) in [6.45, 7) is -0.556. The van der Waals surface area contributed by atoms with Crippen molar-refractivity contribution in [1.82, 2.24) is 4.98 Å². The number of pyridine rings is 1. The summed E-state index contributed by atoms with van der Waals surface area (Å²) in [6, 6.07) is 9.69. The van der Waals surface area contributed by atoms with Crippen LogP contribution in [0.15, 0.2) is 48.7 Å². The van der Waals surface area contributed by atoms with Crippen molar-refractivity contribution in [1.29, 1.82) is 0 Å². The Hall–Kier alpha value is -3.36. The van der Waals surface area contributed by atoms with E-state index in [0.29, 0.717) is 23.0 Å². The van der Waals surface area contributed by atoms with Crippen molar-refractivity contribution in [2.45, 2.75) is 6.18 Å². The number of fused-ring (bicyclic) bond motifs is 1. The summed E-state index contributed by atoms with van der Waals surface area (Å²) in [7, 11) is 0. The Bertz CT molecular complexity index is 1000. The van der Waals surface area contributed by atoms with Crippen LogP contribution in [-0.4, -0.2) is 22.7 Å². The van der Waals surface area contributed by atoms with Gasteiger partial charge in [-0.15, -0.1) is 0 Å². The summed E-state index contributed by atoms with van der Waals surface area (Å²) in [4.78, 5) is 14.1. The molecule has 0 unspecified atom stereocenters. The summed E-state index contributed by atoms with van der Waals surface area (Å²) in [6.07, 6.45) is -4.24. The first-order valence-corrected chi connectivity index (χ1v) is 7.52. The third kappa shape index (κ3) is 4.08. The van der Waals surface area contributed by atoms with Crippen molar-refractivity contribution in [3.8, 4) is 17.4 Å². The number of aromatic nitrogens is 1. The van der Waals surface area contributed by atoms with Crippen LogP contribution in [0.5, 0.6) is 17.4 Å². The van der Waals surface area contributed by atoms with Gasteiger partial charge in [-0.2, -0.15) is 13.2 Å². The fraction of sp³-hybridized carbons (Fsp3) is 0.111. The highest BCUT2D eigenvalue weighted by atomic mass is 19.4. The zero-order valence-electron chi connectivity index (χ0n) is 13.5. The van der Waals surface area contributed by atoms with E-state index in [1.54, 1.807) is 30.3 Å². The number of carboxylic acid groups (broad SMARTS) is 1. The average Bonchev–Trinajstić information content (AvgIpc) is 2.61. The highest BCUT2D eigenvalue weighted by molar-refractivity contribution is 5.93. The lowest BCUT2D eigenvalue weighted by molar-refractivity contribution is -0.139. The number of carboxylic acids is 1. The van der Waals surface area contributed by atoms with Crippen LogP contribution in [0.3, 0.4) is 0 Å². The first kappa shape index (κ1) is 18.4. The van der Waals surface area contributed by atoms with E-state index in [1.807, 2.05) is 0 Å². The molecule has 1 aromatic heterocycles. The van der Waals surface area contributed by atoms with Crippen LogP contribution in [-0.2, 0) is 11.0 Å². The zero-order chi connectivity index (χ0) is 19.6. The number of hydrogen-bond acceptors (Lipinski definition) is 4. The van der Waals surface area contributed by atoms with Crippen molar-refractivity contribution in [3.63, 3.8) is 0 Å². The van der Waals surface area contributed by atoms with Gasteiger partial charge >= 0.3 is 12.1 Å². The fourth-order valence-electron chi connectivity index (χ4n) is 2.37. The molecule has 3 aromatic rings. The second-order valence-corrected chi connectivity index (χ2v) is 5.40. The number of alkyl halides is 3. The molecule has 0 aliphatic rings. The van der Waals surface area contributed by atoms with Crippen LogP contribution in [0.2, 0.25) is 0 Å². The topological polar surface area (TPSA) is 68.7 Å². The van der Waals surface area contributed by atoms with Crippen LogP contribution in [0, 0.1) is 5.82 Å². The van der Waals surface area contributed by atoms with E-state index in [2.05, 4.69) is 4.98 Å². The molecule has 0 radical (unpaired) electrons. The van der Waals surface area contributed by atoms with Gasteiger partial charge in [0, 0.05) is 17.0 Å². The van der Waals surface area contributed by atoms with E-state index >= 15 is 0 Å². The number of carbonyl (C=O) groups is 1. The summed E-state index contributed by atoms with van der Waals surface area (Å²) in [5.74, 6) is -2.65. The highest BCUT2D eigenvalue weighted by Gasteiger charge is 2.32. The minimum absolute atomic E-state index is 0.124. The number of aliphatic carboxylic acids is 1. The lowest BCUT2D eigenvalue weighted by Crippen LogP contribution is -2.09. The molecular weight excluding hydrogens is 370 g/mol. The van der Waals surface area contributed by atoms with Crippen LogP contribution in [0.4, 0.5) is 17.6 Å². The maximum Gasteiger partial charge on any atom is 0.417 e. The van der Waals surface area contributed by atoms with Crippen molar-refractivity contribution in [2.75, 3.05) is 6.61 Å². The predicted octanol–water partition coefficient (Wildman–Crippen LogP) is 4.65. The largest absolute Gasteiger partial charge is 0.481 e. The standard InChI is InChI=1S/C18H11F4NO4/c19-13-7-10(18(20,21)22)8-23-17(13)27-15-6-2-3-11-12(15)4-1-5-14(11)26-9-16(24)25/h1-8H,9H2,(H,24,25). The van der Waals surface area contributed by atoms with Gasteiger partial charge < -0.3 is 14.6 Å². The van der Waals surface area contributed by atoms with E-state index in [4.69, 9.17) is 14.6 Å². The monoisotopic (exact) mass is 381 g/mol. The van der Waals surface area contributed by atoms with E-state index in [-0.39, 0.29) is 11.5 Å². The van der Waals surface area contributed by atoms with Gasteiger partial charge in [0.2, 0.25) is 0 Å². The van der Waals surface area contributed by atoms with Gasteiger partial charge in [-0.1, -0.05) is 24.3 Å². The third-order valence-corrected chi connectivity index (χ3v) is 3.53. The zero-order valence-corrected chi connectivity index (χ0v) is 13.5. The van der Waals surface area contributed by atoms with E-state index in [9.17, 15) is 22.4 Å². The molecule has 1 heterocycles. The number of halogens is 4. The second-order valence-electron chi connectivity index (χ2n) is 5.40. The minimum Gasteiger partial charge on any atom is -0.481 e. The molecule has 2 aromatic carbocycles. The molecule has 0 saturated heterocycles. The van der Waals surface area contributed by atoms with Gasteiger partial charge in [0.1, 0.15) is 11.5 Å². The third-order valence-electron chi connectivity index (χ3n) is 3.53. The molecule has 0 saturated carbocycles. The Balaban J connectivity index is 1.96. The van der Waals surface area contributed by atoms with Crippen LogP contribution in [0.1, 0.15) is 5.56 Å². The Morgan fingerprint density at radius 1 is 1.07 bits per heavy atom. The van der Waals surface area contributed by atoms with E-state index in [1.165, 1.54) is 6.07 Å². The summed E-state index contributed by atoms with van der Waals surface area (Å²) in [5, 5.41) is 9.66. The number of ether oxygens (including phenoxy) is 2. The fourth-order valence-corrected chi connectivity index (χ4v) is 2.37. The molecular formula is C18H11F4NO4. The Labute approximate surface area is 149 Å². The van der Waals surface area contributed by atoms with Crippen molar-refractivity contribution < 1.29 is 36.9 Å². The molecule has 3 rings (SSSR count). The lowest BCUT2D eigenvalue weighted by Gasteiger charge is -2.12. The second kappa shape index (κ2) is 7.10. The van der Waals surface area contributed by atoms with E-state index < -0.39 is 36.0 Å². The summed E-state index contributed by atoms with van der Waals surface area (Å²) >= 11 is 0. The molecule has 0 atom stereocenters. The highest BCUT2D eigenvalue weighted by Crippen LogP contribution is 2.36. The van der Waals surface area contributed by atoms with Gasteiger partial charge in [0.15, 0.2) is 12.4 Å². The number of nitrogens with zero attached hydrogens (tertiary/aromatic N) is 1. The van der Waals surface area contributed by atoms with E-state index in [0.717, 1.165) is 0 Å². The minimum atomic E-state index is -4.72. The molecule has 27 heavy (non-hydrogen) atoms. The van der Waals surface area contributed by atoms with Gasteiger partial charge in [0.25, 0.3) is 5.88 Å². The molecule has 5 nitrogen and oxygen atoms in total. The quantitative estimate of drug-likeness (QED) is 0.652. The van der Waals surface area contributed by atoms with Gasteiger partial charge in [-0.3, -0.25) is 0 Å². The molecule has 0 aliphatic heterocycles. The van der Waals surface area contributed by atoms with Gasteiger partial charge in [0.05, 0.1) is 5.56 Å². The van der Waals surface area contributed by atoms with Crippen LogP contribution in [0.25, 0.3) is 10.8 Å². The maximum atomic E-state index is 14.0. The smallest absolute Gasteiger partial charge is 0.417 e. The SMILES string of the molecule is O=C(O)COc1cccc2c(Oc3ncc(C(F)(F)F)cc3F)cccc12. The van der Waals surface area contributed by atoms with Crippen LogP contribution < -0.4 is 9.47 Å². The number of hydrogen-bond donors (Lipinski definition) is 1. The molecule has 0 spiro atoms. The normalized spacial score (nSPS) is 11.4. The Kier molecular flexibility index (Phi) is 4.85.